The summed E-state index contributed by atoms with van der Waals surface area (Å²) in [5, 5.41) is 1.92. The normalized spacial score (nSPS) is 19.6. The van der Waals surface area contributed by atoms with Gasteiger partial charge < -0.3 is 19.7 Å². The van der Waals surface area contributed by atoms with Crippen LogP contribution in [0.2, 0.25) is 0 Å². The number of sulfone groups is 1. The van der Waals surface area contributed by atoms with E-state index in [2.05, 4.69) is 5.32 Å². The number of hydrogen-bond donors (Lipinski definition) is 1. The van der Waals surface area contributed by atoms with Crippen molar-refractivity contribution in [2.75, 3.05) is 31.6 Å². The van der Waals surface area contributed by atoms with Crippen LogP contribution in [0.1, 0.15) is 6.42 Å². The summed E-state index contributed by atoms with van der Waals surface area (Å²) in [5.74, 6) is -0.0830. The second-order valence-corrected chi connectivity index (χ2v) is 9.26. The zero-order chi connectivity index (χ0) is 20.4. The highest BCUT2D eigenvalue weighted by molar-refractivity contribution is 7.92. The fourth-order valence-electron chi connectivity index (χ4n) is 3.27. The van der Waals surface area contributed by atoms with Gasteiger partial charge in [-0.15, -0.1) is 0 Å². The fraction of sp³-hybridized carbons (Fsp3) is 0.350. The van der Waals surface area contributed by atoms with E-state index in [1.54, 1.807) is 24.3 Å². The van der Waals surface area contributed by atoms with Crippen molar-refractivity contribution in [2.24, 2.45) is 0 Å². The van der Waals surface area contributed by atoms with Gasteiger partial charge in [0.15, 0.2) is 9.84 Å². The maximum atomic E-state index is 13.8. The number of nitrogens with one attached hydrogen (secondary N) is 1. The monoisotopic (exact) mass is 420 g/mol. The molecule has 9 heteroatoms. The van der Waals surface area contributed by atoms with Crippen molar-refractivity contribution in [3.8, 4) is 5.75 Å². The number of carbonyl (C=O) groups excluding carboxylic acids is 1. The third-order valence-corrected chi connectivity index (χ3v) is 7.13. The van der Waals surface area contributed by atoms with Gasteiger partial charge in [0.1, 0.15) is 27.8 Å². The molecule has 0 spiro atoms. The van der Waals surface area contributed by atoms with Crippen molar-refractivity contribution in [3.05, 3.63) is 54.3 Å². The molecule has 2 aliphatic heterocycles. The Morgan fingerprint density at radius 2 is 1.86 bits per heavy atom. The van der Waals surface area contributed by atoms with E-state index in [0.717, 1.165) is 12.5 Å². The van der Waals surface area contributed by atoms with Gasteiger partial charge in [0.2, 0.25) is 0 Å². The predicted molar refractivity (Wildman–Crippen MR) is 104 cm³/mol. The fourth-order valence-corrected chi connectivity index (χ4v) is 4.99. The molecule has 0 aromatic heterocycles. The first-order valence-corrected chi connectivity index (χ1v) is 10.9. The molecule has 154 valence electrons. The number of amides is 2. The zero-order valence-corrected chi connectivity index (χ0v) is 16.4. The molecule has 2 saturated heterocycles. The number of hydrogen-bond acceptors (Lipinski definition) is 5. The number of urea groups is 1. The summed E-state index contributed by atoms with van der Waals surface area (Å²) in [6.45, 7) is 1.31. The van der Waals surface area contributed by atoms with E-state index in [4.69, 9.17) is 9.47 Å². The summed E-state index contributed by atoms with van der Waals surface area (Å²) < 4.78 is 49.9. The number of benzene rings is 2. The van der Waals surface area contributed by atoms with Crippen LogP contribution in [0, 0.1) is 5.82 Å². The smallest absolute Gasteiger partial charge is 0.321 e. The summed E-state index contributed by atoms with van der Waals surface area (Å²) >= 11 is 0. The molecule has 0 aliphatic carbocycles. The Labute approximate surface area is 168 Å². The topological polar surface area (TPSA) is 84.9 Å². The maximum Gasteiger partial charge on any atom is 0.321 e. The van der Waals surface area contributed by atoms with E-state index in [1.807, 2.05) is 0 Å². The molecule has 2 fully saturated rings. The van der Waals surface area contributed by atoms with Gasteiger partial charge in [0, 0.05) is 25.2 Å². The standard InChI is InChI=1S/C20H21FN2O5S/c21-18-3-1-2-4-19(18)29(25,26)17-11-23(12-17)20(24)22-14-5-7-15(8-6-14)28-16-9-10-27-13-16/h1-8,16-17H,9-13H2,(H,22,24)/t16-/m1/s1. The third-order valence-electron chi connectivity index (χ3n) is 5.01. The number of rotatable bonds is 5. The lowest BCUT2D eigenvalue weighted by Crippen LogP contribution is -2.58. The first-order valence-electron chi connectivity index (χ1n) is 9.32. The minimum atomic E-state index is -3.81. The van der Waals surface area contributed by atoms with Gasteiger partial charge in [-0.25, -0.2) is 17.6 Å². The number of anilines is 1. The first-order chi connectivity index (χ1) is 13.9. The Morgan fingerprint density at radius 3 is 2.52 bits per heavy atom. The summed E-state index contributed by atoms with van der Waals surface area (Å²) in [5.41, 5.74) is 0.574. The maximum absolute atomic E-state index is 13.8. The summed E-state index contributed by atoms with van der Waals surface area (Å²) in [6, 6.07) is 11.8. The van der Waals surface area contributed by atoms with Gasteiger partial charge in [-0.3, -0.25) is 0 Å². The van der Waals surface area contributed by atoms with Crippen molar-refractivity contribution in [2.45, 2.75) is 22.7 Å². The molecule has 0 unspecified atom stereocenters. The van der Waals surface area contributed by atoms with E-state index >= 15 is 0 Å². The average Bonchev–Trinajstić information content (AvgIpc) is 3.15. The third kappa shape index (κ3) is 4.20. The molecule has 7 nitrogen and oxygen atoms in total. The molecule has 2 heterocycles. The summed E-state index contributed by atoms with van der Waals surface area (Å²) in [7, 11) is -3.81. The molecule has 4 rings (SSSR count). The van der Waals surface area contributed by atoms with Gasteiger partial charge in [-0.05, 0) is 36.4 Å². The van der Waals surface area contributed by atoms with E-state index in [1.165, 1.54) is 23.1 Å². The molecule has 2 amide bonds. The zero-order valence-electron chi connectivity index (χ0n) is 15.6. The number of likely N-dealkylation sites (tertiary alicyclic amines) is 1. The molecule has 0 saturated carbocycles. The SMILES string of the molecule is O=C(Nc1ccc(O[C@@H]2CCOC2)cc1)N1CC(S(=O)(=O)c2ccccc2F)C1. The highest BCUT2D eigenvalue weighted by Gasteiger charge is 2.41. The molecule has 2 aromatic carbocycles. The Morgan fingerprint density at radius 1 is 1.14 bits per heavy atom. The van der Waals surface area contributed by atoms with Crippen molar-refractivity contribution < 1.29 is 27.1 Å². The Balaban J connectivity index is 1.31. The Hall–Kier alpha value is -2.65. The van der Waals surface area contributed by atoms with Crippen molar-refractivity contribution in [1.29, 1.82) is 0 Å². The van der Waals surface area contributed by atoms with Crippen LogP contribution in [-0.4, -0.2) is 57.0 Å². The Kier molecular flexibility index (Phi) is 5.42. The lowest BCUT2D eigenvalue weighted by Gasteiger charge is -2.38. The molecular formula is C20H21FN2O5S. The van der Waals surface area contributed by atoms with Crippen LogP contribution < -0.4 is 10.1 Å². The van der Waals surface area contributed by atoms with E-state index < -0.39 is 26.9 Å². The Bertz CT molecular complexity index is 984. The minimum Gasteiger partial charge on any atom is -0.488 e. The second-order valence-electron chi connectivity index (χ2n) is 7.06. The van der Waals surface area contributed by atoms with Gasteiger partial charge >= 0.3 is 6.03 Å². The van der Waals surface area contributed by atoms with Crippen molar-refractivity contribution >= 4 is 21.6 Å². The number of nitrogens with zero attached hydrogens (tertiary/aromatic N) is 1. The lowest BCUT2D eigenvalue weighted by atomic mass is 10.2. The number of halogens is 1. The van der Waals surface area contributed by atoms with Gasteiger partial charge in [-0.1, -0.05) is 12.1 Å². The largest absolute Gasteiger partial charge is 0.488 e. The summed E-state index contributed by atoms with van der Waals surface area (Å²) in [4.78, 5) is 13.4. The molecule has 1 atom stereocenters. The number of ether oxygens (including phenoxy) is 2. The van der Waals surface area contributed by atoms with E-state index in [-0.39, 0.29) is 24.1 Å². The average molecular weight is 420 g/mol. The van der Waals surface area contributed by atoms with Gasteiger partial charge in [0.05, 0.1) is 13.2 Å². The highest BCUT2D eigenvalue weighted by Crippen LogP contribution is 2.26. The van der Waals surface area contributed by atoms with E-state index in [0.29, 0.717) is 24.7 Å². The molecule has 0 bridgehead atoms. The first kappa shape index (κ1) is 19.7. The molecular weight excluding hydrogens is 399 g/mol. The number of carbonyl (C=O) groups is 1. The van der Waals surface area contributed by atoms with Crippen molar-refractivity contribution in [1.82, 2.24) is 4.90 Å². The quantitative estimate of drug-likeness (QED) is 0.804. The van der Waals surface area contributed by atoms with Gasteiger partial charge in [-0.2, -0.15) is 0 Å². The minimum absolute atomic E-state index is 0.0192. The van der Waals surface area contributed by atoms with Crippen LogP contribution in [0.3, 0.4) is 0 Å². The van der Waals surface area contributed by atoms with Crippen LogP contribution in [0.25, 0.3) is 0 Å². The van der Waals surface area contributed by atoms with Crippen LogP contribution in [-0.2, 0) is 14.6 Å². The molecule has 0 radical (unpaired) electrons. The molecule has 2 aromatic rings. The molecule has 29 heavy (non-hydrogen) atoms. The predicted octanol–water partition coefficient (Wildman–Crippen LogP) is 2.68. The van der Waals surface area contributed by atoms with Crippen LogP contribution in [0.4, 0.5) is 14.9 Å². The van der Waals surface area contributed by atoms with Crippen LogP contribution in [0.5, 0.6) is 5.75 Å². The van der Waals surface area contributed by atoms with E-state index in [9.17, 15) is 17.6 Å². The van der Waals surface area contributed by atoms with Gasteiger partial charge in [0.25, 0.3) is 0 Å². The molecule has 2 aliphatic rings. The molecule has 1 N–H and O–H groups in total. The lowest BCUT2D eigenvalue weighted by molar-refractivity contribution is 0.141. The van der Waals surface area contributed by atoms with Crippen LogP contribution in [0.15, 0.2) is 53.4 Å². The van der Waals surface area contributed by atoms with Crippen LogP contribution >= 0.6 is 0 Å². The summed E-state index contributed by atoms with van der Waals surface area (Å²) in [6.07, 6.45) is 0.898. The highest BCUT2D eigenvalue weighted by atomic mass is 32.2. The second kappa shape index (κ2) is 8.00. The van der Waals surface area contributed by atoms with Crippen molar-refractivity contribution in [3.63, 3.8) is 0 Å².